The summed E-state index contributed by atoms with van der Waals surface area (Å²) < 4.78 is 2.05. The van der Waals surface area contributed by atoms with Crippen molar-refractivity contribution in [2.24, 2.45) is 5.92 Å². The van der Waals surface area contributed by atoms with Gasteiger partial charge < -0.3 is 9.47 Å². The van der Waals surface area contributed by atoms with Crippen molar-refractivity contribution in [3.8, 4) is 6.07 Å². The van der Waals surface area contributed by atoms with Crippen LogP contribution < -0.4 is 0 Å². The molecule has 2 aliphatic rings. The van der Waals surface area contributed by atoms with Gasteiger partial charge in [-0.05, 0) is 83.3 Å². The van der Waals surface area contributed by atoms with Gasteiger partial charge in [-0.1, -0.05) is 0 Å². The number of piperidine rings is 1. The molecule has 3 rings (SSSR count). The highest BCUT2D eigenvalue weighted by atomic mass is 15.2. The molecule has 0 bridgehead atoms. The lowest BCUT2D eigenvalue weighted by molar-refractivity contribution is 0.108. The summed E-state index contributed by atoms with van der Waals surface area (Å²) in [4.78, 5) is 5.25. The Morgan fingerprint density at radius 2 is 1.91 bits per heavy atom. The predicted octanol–water partition coefficient (Wildman–Crippen LogP) is 3.08. The third kappa shape index (κ3) is 3.79. The van der Waals surface area contributed by atoms with Gasteiger partial charge >= 0.3 is 0 Å². The average Bonchev–Trinajstić information content (AvgIpc) is 3.24. The molecule has 2 saturated heterocycles. The Balaban J connectivity index is 1.51. The van der Waals surface area contributed by atoms with E-state index in [-0.39, 0.29) is 0 Å². The third-order valence-corrected chi connectivity index (χ3v) is 5.85. The Morgan fingerprint density at radius 3 is 2.48 bits per heavy atom. The van der Waals surface area contributed by atoms with E-state index in [0.29, 0.717) is 0 Å². The Kier molecular flexibility index (Phi) is 5.40. The Labute approximate surface area is 140 Å². The first-order valence-corrected chi connectivity index (χ1v) is 9.26. The monoisotopic (exact) mass is 314 g/mol. The smallest absolute Gasteiger partial charge is 0.120 e. The molecule has 4 nitrogen and oxygen atoms in total. The highest BCUT2D eigenvalue weighted by molar-refractivity contribution is 5.28. The molecule has 0 spiro atoms. The molecule has 0 unspecified atom stereocenters. The minimum atomic E-state index is 0.756. The van der Waals surface area contributed by atoms with Crippen LogP contribution in [0.25, 0.3) is 0 Å². The van der Waals surface area contributed by atoms with Crippen LogP contribution in [0.3, 0.4) is 0 Å². The van der Waals surface area contributed by atoms with Crippen molar-refractivity contribution in [2.45, 2.75) is 58.7 Å². The first-order valence-electron chi connectivity index (χ1n) is 9.26. The maximum absolute atomic E-state index is 9.18. The molecule has 0 aromatic carbocycles. The molecule has 23 heavy (non-hydrogen) atoms. The van der Waals surface area contributed by atoms with Gasteiger partial charge in [-0.15, -0.1) is 0 Å². The van der Waals surface area contributed by atoms with Gasteiger partial charge in [0.15, 0.2) is 0 Å². The lowest BCUT2D eigenvalue weighted by Crippen LogP contribution is -2.42. The number of hydrogen-bond donors (Lipinski definition) is 0. The summed E-state index contributed by atoms with van der Waals surface area (Å²) in [5.74, 6) is 0.860. The molecular formula is C19H30N4. The van der Waals surface area contributed by atoms with E-state index in [1.807, 2.05) is 0 Å². The first-order chi connectivity index (χ1) is 11.2. The van der Waals surface area contributed by atoms with Crippen LogP contribution in [0.15, 0.2) is 12.3 Å². The Hall–Kier alpha value is -1.31. The maximum Gasteiger partial charge on any atom is 0.120 e. The van der Waals surface area contributed by atoms with E-state index in [1.54, 1.807) is 0 Å². The van der Waals surface area contributed by atoms with Crippen LogP contribution in [0.1, 0.15) is 50.8 Å². The Morgan fingerprint density at radius 1 is 1.22 bits per heavy atom. The molecule has 1 aromatic heterocycles. The van der Waals surface area contributed by atoms with Gasteiger partial charge in [-0.3, -0.25) is 4.90 Å². The van der Waals surface area contributed by atoms with Crippen LogP contribution in [0.5, 0.6) is 0 Å². The van der Waals surface area contributed by atoms with Crippen molar-refractivity contribution in [2.75, 3.05) is 26.2 Å². The summed E-state index contributed by atoms with van der Waals surface area (Å²) in [6.07, 6.45) is 7.56. The van der Waals surface area contributed by atoms with Crippen LogP contribution in [0.2, 0.25) is 0 Å². The van der Waals surface area contributed by atoms with Crippen molar-refractivity contribution in [1.82, 2.24) is 14.4 Å². The largest absolute Gasteiger partial charge is 0.339 e. The fourth-order valence-electron chi connectivity index (χ4n) is 4.31. The highest BCUT2D eigenvalue weighted by Crippen LogP contribution is 2.27. The molecular weight excluding hydrogens is 284 g/mol. The summed E-state index contributed by atoms with van der Waals surface area (Å²) in [6.45, 7) is 11.4. The lowest BCUT2D eigenvalue weighted by atomic mass is 9.89. The minimum Gasteiger partial charge on any atom is -0.339 e. The zero-order chi connectivity index (χ0) is 16.2. The number of aromatic nitrogens is 1. The number of likely N-dealkylation sites (tertiary alicyclic amines) is 2. The summed E-state index contributed by atoms with van der Waals surface area (Å²) in [5.41, 5.74) is 2.08. The molecule has 3 heterocycles. The molecule has 0 saturated carbocycles. The molecule has 1 atom stereocenters. The summed E-state index contributed by atoms with van der Waals surface area (Å²) in [5, 5.41) is 9.18. The van der Waals surface area contributed by atoms with Crippen LogP contribution in [-0.2, 0) is 13.1 Å². The van der Waals surface area contributed by atoms with E-state index in [9.17, 15) is 5.26 Å². The van der Waals surface area contributed by atoms with Crippen molar-refractivity contribution in [3.63, 3.8) is 0 Å². The van der Waals surface area contributed by atoms with Gasteiger partial charge in [0, 0.05) is 25.3 Å². The minimum absolute atomic E-state index is 0.756. The summed E-state index contributed by atoms with van der Waals surface area (Å²) in [7, 11) is 0. The number of aryl methyl sites for hydroxylation is 1. The molecule has 2 aliphatic heterocycles. The molecule has 0 aliphatic carbocycles. The van der Waals surface area contributed by atoms with Crippen molar-refractivity contribution < 1.29 is 0 Å². The van der Waals surface area contributed by atoms with Crippen molar-refractivity contribution in [1.29, 1.82) is 5.26 Å². The van der Waals surface area contributed by atoms with Gasteiger partial charge in [-0.25, -0.2) is 0 Å². The SMILES string of the molecule is CCn1cc(CN2CCC([C@H](C)N3CCCC3)CC2)cc1C#N. The normalized spacial score (nSPS) is 22.3. The van der Waals surface area contributed by atoms with E-state index in [1.165, 1.54) is 57.4 Å². The van der Waals surface area contributed by atoms with Gasteiger partial charge in [0.1, 0.15) is 11.8 Å². The van der Waals surface area contributed by atoms with E-state index in [0.717, 1.165) is 30.7 Å². The van der Waals surface area contributed by atoms with Gasteiger partial charge in [-0.2, -0.15) is 5.26 Å². The van der Waals surface area contributed by atoms with Crippen molar-refractivity contribution >= 4 is 0 Å². The fraction of sp³-hybridized carbons (Fsp3) is 0.737. The number of nitrogens with zero attached hydrogens (tertiary/aromatic N) is 4. The number of rotatable bonds is 5. The standard InChI is InChI=1S/C19H30N4/c1-3-22-15-17(12-19(22)13-20)14-21-10-6-18(7-11-21)16(2)23-8-4-5-9-23/h12,15-16,18H,3-11,14H2,1-2H3/t16-/m0/s1. The summed E-state index contributed by atoms with van der Waals surface area (Å²) in [6, 6.07) is 5.11. The first kappa shape index (κ1) is 16.5. The second-order valence-corrected chi connectivity index (χ2v) is 7.23. The number of hydrogen-bond acceptors (Lipinski definition) is 3. The zero-order valence-corrected chi connectivity index (χ0v) is 14.7. The van der Waals surface area contributed by atoms with Crippen molar-refractivity contribution in [3.05, 3.63) is 23.5 Å². The predicted molar refractivity (Wildman–Crippen MR) is 93.1 cm³/mol. The average molecular weight is 314 g/mol. The molecule has 1 aromatic rings. The topological polar surface area (TPSA) is 35.2 Å². The van der Waals surface area contributed by atoms with Crippen LogP contribution in [0.4, 0.5) is 0 Å². The van der Waals surface area contributed by atoms with Gasteiger partial charge in [0.05, 0.1) is 0 Å². The van der Waals surface area contributed by atoms with Crippen LogP contribution in [-0.4, -0.2) is 46.6 Å². The summed E-state index contributed by atoms with van der Waals surface area (Å²) >= 11 is 0. The Bertz CT molecular complexity index is 542. The molecule has 4 heteroatoms. The molecule has 2 fully saturated rings. The highest BCUT2D eigenvalue weighted by Gasteiger charge is 2.29. The lowest BCUT2D eigenvalue weighted by Gasteiger charge is -2.38. The second kappa shape index (κ2) is 7.51. The molecule has 0 radical (unpaired) electrons. The van der Waals surface area contributed by atoms with Crippen LogP contribution in [0, 0.1) is 17.2 Å². The third-order valence-electron chi connectivity index (χ3n) is 5.85. The van der Waals surface area contributed by atoms with E-state index >= 15 is 0 Å². The van der Waals surface area contributed by atoms with E-state index < -0.39 is 0 Å². The molecule has 0 N–H and O–H groups in total. The van der Waals surface area contributed by atoms with Gasteiger partial charge in [0.25, 0.3) is 0 Å². The zero-order valence-electron chi connectivity index (χ0n) is 14.7. The van der Waals surface area contributed by atoms with Gasteiger partial charge in [0.2, 0.25) is 0 Å². The fourth-order valence-corrected chi connectivity index (χ4v) is 4.31. The van der Waals surface area contributed by atoms with E-state index in [4.69, 9.17) is 0 Å². The quantitative estimate of drug-likeness (QED) is 0.838. The molecule has 126 valence electrons. The van der Waals surface area contributed by atoms with E-state index in [2.05, 4.69) is 46.5 Å². The molecule has 0 amide bonds. The number of nitriles is 1. The second-order valence-electron chi connectivity index (χ2n) is 7.23. The van der Waals surface area contributed by atoms with Crippen LogP contribution >= 0.6 is 0 Å². The maximum atomic E-state index is 9.18.